The fraction of sp³-hybridized carbons (Fsp3) is 0.846. The summed E-state index contributed by atoms with van der Waals surface area (Å²) in [6, 6.07) is -0.332. The number of ether oxygens (including phenoxy) is 2. The van der Waals surface area contributed by atoms with E-state index in [0.29, 0.717) is 26.4 Å². The van der Waals surface area contributed by atoms with Crippen LogP contribution in [0.3, 0.4) is 0 Å². The largest absolute Gasteiger partial charge is 0.382 e. The predicted molar refractivity (Wildman–Crippen MR) is 70.7 cm³/mol. The number of amides is 2. The molecule has 1 fully saturated rings. The van der Waals surface area contributed by atoms with E-state index in [1.165, 1.54) is 4.90 Å². The Morgan fingerprint density at radius 3 is 2.68 bits per heavy atom. The van der Waals surface area contributed by atoms with Crippen molar-refractivity contribution < 1.29 is 19.1 Å². The highest BCUT2D eigenvalue weighted by atomic mass is 16.5. The standard InChI is InChI=1S/C13H24N2O4/c1-3-15-12(16)10-11(13(15)17)14-6-4-5-7-19-9-8-18-2/h11,14H,3-10H2,1-2H3. The highest BCUT2D eigenvalue weighted by molar-refractivity contribution is 6.05. The number of likely N-dealkylation sites (tertiary alicyclic amines) is 1. The maximum atomic E-state index is 11.8. The fourth-order valence-corrected chi connectivity index (χ4v) is 2.02. The Labute approximate surface area is 114 Å². The molecule has 19 heavy (non-hydrogen) atoms. The predicted octanol–water partition coefficient (Wildman–Crippen LogP) is 0.167. The minimum absolute atomic E-state index is 0.0760. The summed E-state index contributed by atoms with van der Waals surface area (Å²) in [5.74, 6) is -0.170. The minimum atomic E-state index is -0.332. The van der Waals surface area contributed by atoms with Gasteiger partial charge in [-0.2, -0.15) is 0 Å². The molecule has 0 spiro atoms. The number of unbranched alkanes of at least 4 members (excludes halogenated alkanes) is 1. The molecule has 0 bridgehead atoms. The topological polar surface area (TPSA) is 67.9 Å². The number of nitrogens with one attached hydrogen (secondary N) is 1. The SMILES string of the molecule is CCN1C(=O)CC(NCCCCOCCOC)C1=O. The second-order valence-corrected chi connectivity index (χ2v) is 4.50. The van der Waals surface area contributed by atoms with Crippen molar-refractivity contribution in [3.8, 4) is 0 Å². The summed E-state index contributed by atoms with van der Waals surface area (Å²) >= 11 is 0. The number of nitrogens with zero attached hydrogens (tertiary/aromatic N) is 1. The third-order valence-electron chi connectivity index (χ3n) is 3.10. The smallest absolute Gasteiger partial charge is 0.246 e. The van der Waals surface area contributed by atoms with Crippen molar-refractivity contribution in [2.75, 3.05) is 40.0 Å². The molecule has 6 nitrogen and oxygen atoms in total. The Balaban J connectivity index is 2.04. The van der Waals surface area contributed by atoms with E-state index in [-0.39, 0.29) is 24.3 Å². The van der Waals surface area contributed by atoms with Gasteiger partial charge in [0.15, 0.2) is 0 Å². The molecule has 0 aromatic rings. The highest BCUT2D eigenvalue weighted by Gasteiger charge is 2.36. The lowest BCUT2D eigenvalue weighted by Gasteiger charge is -2.13. The van der Waals surface area contributed by atoms with E-state index in [1.54, 1.807) is 7.11 Å². The van der Waals surface area contributed by atoms with Crippen molar-refractivity contribution in [3.05, 3.63) is 0 Å². The van der Waals surface area contributed by atoms with Gasteiger partial charge in [-0.3, -0.25) is 14.5 Å². The third-order valence-corrected chi connectivity index (χ3v) is 3.10. The van der Waals surface area contributed by atoms with Gasteiger partial charge in [0.05, 0.1) is 25.7 Å². The summed E-state index contributed by atoms with van der Waals surface area (Å²) in [7, 11) is 1.65. The Morgan fingerprint density at radius 2 is 2.05 bits per heavy atom. The number of hydrogen-bond acceptors (Lipinski definition) is 5. The van der Waals surface area contributed by atoms with Crippen molar-refractivity contribution in [3.63, 3.8) is 0 Å². The monoisotopic (exact) mass is 272 g/mol. The summed E-state index contributed by atoms with van der Waals surface area (Å²) in [4.78, 5) is 24.6. The van der Waals surface area contributed by atoms with Crippen molar-refractivity contribution in [2.24, 2.45) is 0 Å². The van der Waals surface area contributed by atoms with Crippen LogP contribution in [-0.4, -0.2) is 62.8 Å². The van der Waals surface area contributed by atoms with Gasteiger partial charge in [0.25, 0.3) is 0 Å². The van der Waals surface area contributed by atoms with Crippen LogP contribution in [0.25, 0.3) is 0 Å². The molecule has 2 amide bonds. The van der Waals surface area contributed by atoms with Gasteiger partial charge in [0.1, 0.15) is 0 Å². The van der Waals surface area contributed by atoms with E-state index >= 15 is 0 Å². The lowest BCUT2D eigenvalue weighted by atomic mass is 10.2. The maximum absolute atomic E-state index is 11.8. The molecule has 1 rings (SSSR count). The molecule has 0 aliphatic carbocycles. The highest BCUT2D eigenvalue weighted by Crippen LogP contribution is 2.12. The van der Waals surface area contributed by atoms with Gasteiger partial charge >= 0.3 is 0 Å². The lowest BCUT2D eigenvalue weighted by Crippen LogP contribution is -2.39. The summed E-state index contributed by atoms with van der Waals surface area (Å²) in [5, 5.41) is 3.14. The first-order valence-electron chi connectivity index (χ1n) is 6.85. The summed E-state index contributed by atoms with van der Waals surface area (Å²) < 4.78 is 10.2. The van der Waals surface area contributed by atoms with E-state index in [2.05, 4.69) is 5.32 Å². The molecular weight excluding hydrogens is 248 g/mol. The van der Waals surface area contributed by atoms with Gasteiger partial charge < -0.3 is 14.8 Å². The Hall–Kier alpha value is -0.980. The first-order chi connectivity index (χ1) is 9.20. The van der Waals surface area contributed by atoms with Crippen molar-refractivity contribution in [1.29, 1.82) is 0 Å². The first kappa shape index (κ1) is 16.1. The molecule has 1 aliphatic heterocycles. The van der Waals surface area contributed by atoms with Crippen LogP contribution in [0.4, 0.5) is 0 Å². The Morgan fingerprint density at radius 1 is 1.26 bits per heavy atom. The molecule has 1 N–H and O–H groups in total. The van der Waals surface area contributed by atoms with E-state index in [0.717, 1.165) is 19.4 Å². The normalized spacial score (nSPS) is 19.5. The molecule has 0 saturated carbocycles. The zero-order chi connectivity index (χ0) is 14.1. The van der Waals surface area contributed by atoms with Crippen LogP contribution < -0.4 is 5.32 Å². The number of carbonyl (C=O) groups excluding carboxylic acids is 2. The molecule has 1 unspecified atom stereocenters. The van der Waals surface area contributed by atoms with Gasteiger partial charge in [-0.15, -0.1) is 0 Å². The number of carbonyl (C=O) groups is 2. The van der Waals surface area contributed by atoms with Crippen LogP contribution in [0.5, 0.6) is 0 Å². The third kappa shape index (κ3) is 5.26. The quantitative estimate of drug-likeness (QED) is 0.453. The lowest BCUT2D eigenvalue weighted by molar-refractivity contribution is -0.138. The van der Waals surface area contributed by atoms with E-state index in [9.17, 15) is 9.59 Å². The van der Waals surface area contributed by atoms with Gasteiger partial charge in [-0.1, -0.05) is 0 Å². The second-order valence-electron chi connectivity index (χ2n) is 4.50. The molecular formula is C13H24N2O4. The van der Waals surface area contributed by atoms with Gasteiger partial charge in [0.2, 0.25) is 11.8 Å². The summed E-state index contributed by atoms with van der Waals surface area (Å²) in [6.07, 6.45) is 2.15. The van der Waals surface area contributed by atoms with E-state index < -0.39 is 0 Å². The van der Waals surface area contributed by atoms with Crippen LogP contribution in [0, 0.1) is 0 Å². The van der Waals surface area contributed by atoms with Gasteiger partial charge in [0, 0.05) is 20.3 Å². The van der Waals surface area contributed by atoms with Crippen LogP contribution >= 0.6 is 0 Å². The first-order valence-corrected chi connectivity index (χ1v) is 6.85. The molecule has 110 valence electrons. The van der Waals surface area contributed by atoms with Crippen molar-refractivity contribution >= 4 is 11.8 Å². The molecule has 1 aliphatic rings. The molecule has 1 atom stereocenters. The van der Waals surface area contributed by atoms with Crippen LogP contribution in [0.15, 0.2) is 0 Å². The average Bonchev–Trinajstić information content (AvgIpc) is 2.67. The molecule has 0 aromatic carbocycles. The summed E-state index contributed by atoms with van der Waals surface area (Å²) in [5.41, 5.74) is 0. The molecule has 1 saturated heterocycles. The zero-order valence-corrected chi connectivity index (χ0v) is 11.8. The Kier molecular flexibility index (Phi) is 7.62. The van der Waals surface area contributed by atoms with Gasteiger partial charge in [-0.25, -0.2) is 0 Å². The number of imide groups is 1. The zero-order valence-electron chi connectivity index (χ0n) is 11.8. The number of likely N-dealkylation sites (N-methyl/N-ethyl adjacent to an activating group) is 1. The second kappa shape index (κ2) is 9.01. The van der Waals surface area contributed by atoms with Gasteiger partial charge in [-0.05, 0) is 26.3 Å². The molecule has 1 heterocycles. The number of rotatable bonds is 10. The molecule has 0 aromatic heterocycles. The van der Waals surface area contributed by atoms with E-state index in [1.807, 2.05) is 6.92 Å². The van der Waals surface area contributed by atoms with Crippen LogP contribution in [-0.2, 0) is 19.1 Å². The minimum Gasteiger partial charge on any atom is -0.382 e. The van der Waals surface area contributed by atoms with Crippen LogP contribution in [0.2, 0.25) is 0 Å². The Bertz CT molecular complexity index is 296. The molecule has 0 radical (unpaired) electrons. The average molecular weight is 272 g/mol. The molecule has 6 heteroatoms. The fourth-order valence-electron chi connectivity index (χ4n) is 2.02. The number of hydrogen-bond donors (Lipinski definition) is 1. The maximum Gasteiger partial charge on any atom is 0.246 e. The van der Waals surface area contributed by atoms with Crippen molar-refractivity contribution in [2.45, 2.75) is 32.2 Å². The summed E-state index contributed by atoms with van der Waals surface area (Å²) in [6.45, 7) is 4.94. The number of methoxy groups -OCH3 is 1. The van der Waals surface area contributed by atoms with Crippen LogP contribution in [0.1, 0.15) is 26.2 Å². The van der Waals surface area contributed by atoms with E-state index in [4.69, 9.17) is 9.47 Å². The van der Waals surface area contributed by atoms with Crippen molar-refractivity contribution in [1.82, 2.24) is 10.2 Å².